The minimum absolute atomic E-state index is 0.251. The van der Waals surface area contributed by atoms with Crippen LogP contribution < -0.4 is 10.9 Å². The fourth-order valence-electron chi connectivity index (χ4n) is 2.53. The van der Waals surface area contributed by atoms with E-state index in [4.69, 9.17) is 0 Å². The molecule has 1 aromatic carbocycles. The summed E-state index contributed by atoms with van der Waals surface area (Å²) in [4.78, 5) is 37.7. The Kier molecular flexibility index (Phi) is 5.07. The molecule has 0 fully saturated rings. The lowest BCUT2D eigenvalue weighted by Gasteiger charge is -2.14. The minimum Gasteiger partial charge on any atom is -0.324 e. The standard InChI is InChI=1S/C19H18FN5O2/c1-11-4-5-14(8-15(11)20)24-17(26)10-25-18(16-9-21-6-7-22-16)23-13(3)12(2)19(25)27/h4-9H,10H2,1-3H3,(H,24,26). The Bertz CT molecular complexity index is 1060. The molecule has 0 aliphatic heterocycles. The first-order valence-electron chi connectivity index (χ1n) is 8.27. The number of hydrogen-bond acceptors (Lipinski definition) is 5. The quantitative estimate of drug-likeness (QED) is 0.765. The Hall–Kier alpha value is -3.42. The lowest BCUT2D eigenvalue weighted by molar-refractivity contribution is -0.116. The van der Waals surface area contributed by atoms with Gasteiger partial charge in [-0.15, -0.1) is 0 Å². The molecule has 1 N–H and O–H groups in total. The Morgan fingerprint density at radius 1 is 1.22 bits per heavy atom. The zero-order valence-corrected chi connectivity index (χ0v) is 15.2. The maximum Gasteiger partial charge on any atom is 0.257 e. The number of aryl methyl sites for hydroxylation is 2. The van der Waals surface area contributed by atoms with E-state index in [1.54, 1.807) is 32.9 Å². The summed E-state index contributed by atoms with van der Waals surface area (Å²) in [5, 5.41) is 2.60. The second kappa shape index (κ2) is 7.45. The lowest BCUT2D eigenvalue weighted by atomic mass is 10.2. The number of aromatic nitrogens is 4. The molecule has 2 aromatic heterocycles. The molecule has 0 spiro atoms. The van der Waals surface area contributed by atoms with Gasteiger partial charge in [0.15, 0.2) is 5.82 Å². The Morgan fingerprint density at radius 2 is 2.00 bits per heavy atom. The lowest BCUT2D eigenvalue weighted by Crippen LogP contribution is -2.32. The molecule has 0 bridgehead atoms. The van der Waals surface area contributed by atoms with E-state index in [1.165, 1.54) is 29.2 Å². The molecule has 138 valence electrons. The number of amides is 1. The van der Waals surface area contributed by atoms with Crippen molar-refractivity contribution in [1.82, 2.24) is 19.5 Å². The third kappa shape index (κ3) is 3.89. The van der Waals surface area contributed by atoms with E-state index in [9.17, 15) is 14.0 Å². The van der Waals surface area contributed by atoms with Crippen molar-refractivity contribution in [3.63, 3.8) is 0 Å². The van der Waals surface area contributed by atoms with Gasteiger partial charge in [0.2, 0.25) is 5.91 Å². The number of anilines is 1. The van der Waals surface area contributed by atoms with Crippen LogP contribution in [0.25, 0.3) is 11.5 Å². The largest absolute Gasteiger partial charge is 0.324 e. The highest BCUT2D eigenvalue weighted by Crippen LogP contribution is 2.15. The second-order valence-corrected chi connectivity index (χ2v) is 6.14. The summed E-state index contributed by atoms with van der Waals surface area (Å²) in [7, 11) is 0. The Balaban J connectivity index is 1.96. The number of nitrogens with one attached hydrogen (secondary N) is 1. The maximum absolute atomic E-state index is 13.7. The van der Waals surface area contributed by atoms with E-state index in [2.05, 4.69) is 20.3 Å². The van der Waals surface area contributed by atoms with Crippen LogP contribution in [0.3, 0.4) is 0 Å². The minimum atomic E-state index is -0.476. The van der Waals surface area contributed by atoms with Gasteiger partial charge in [-0.1, -0.05) is 6.07 Å². The van der Waals surface area contributed by atoms with Crippen molar-refractivity contribution in [3.05, 3.63) is 69.8 Å². The molecule has 0 aliphatic rings. The van der Waals surface area contributed by atoms with Gasteiger partial charge < -0.3 is 5.32 Å². The molecule has 7 nitrogen and oxygen atoms in total. The van der Waals surface area contributed by atoms with Gasteiger partial charge in [0.1, 0.15) is 18.1 Å². The summed E-state index contributed by atoms with van der Waals surface area (Å²) in [6.07, 6.45) is 4.46. The summed E-state index contributed by atoms with van der Waals surface area (Å²) >= 11 is 0. The third-order valence-corrected chi connectivity index (χ3v) is 4.19. The fraction of sp³-hybridized carbons (Fsp3) is 0.211. The van der Waals surface area contributed by atoms with Crippen molar-refractivity contribution in [2.75, 3.05) is 5.32 Å². The summed E-state index contributed by atoms with van der Waals surface area (Å²) in [6.45, 7) is 4.72. The van der Waals surface area contributed by atoms with Gasteiger partial charge in [-0.25, -0.2) is 14.4 Å². The van der Waals surface area contributed by atoms with Gasteiger partial charge >= 0.3 is 0 Å². The highest BCUT2D eigenvalue weighted by Gasteiger charge is 2.17. The van der Waals surface area contributed by atoms with Crippen LogP contribution in [-0.4, -0.2) is 25.4 Å². The van der Waals surface area contributed by atoms with Gasteiger partial charge in [-0.3, -0.25) is 19.1 Å². The molecule has 3 rings (SSSR count). The monoisotopic (exact) mass is 367 g/mol. The van der Waals surface area contributed by atoms with E-state index < -0.39 is 11.7 Å². The van der Waals surface area contributed by atoms with Gasteiger partial charge in [0, 0.05) is 29.3 Å². The van der Waals surface area contributed by atoms with Crippen LogP contribution in [0.1, 0.15) is 16.8 Å². The molecule has 8 heteroatoms. The van der Waals surface area contributed by atoms with Crippen molar-refractivity contribution in [1.29, 1.82) is 0 Å². The normalized spacial score (nSPS) is 10.7. The van der Waals surface area contributed by atoms with Crippen LogP contribution >= 0.6 is 0 Å². The highest BCUT2D eigenvalue weighted by molar-refractivity contribution is 5.90. The predicted molar refractivity (Wildman–Crippen MR) is 98.8 cm³/mol. The first-order valence-corrected chi connectivity index (χ1v) is 8.27. The molecular weight excluding hydrogens is 349 g/mol. The molecule has 2 heterocycles. The van der Waals surface area contributed by atoms with Crippen LogP contribution in [0, 0.1) is 26.6 Å². The summed E-state index contributed by atoms with van der Waals surface area (Å²) in [5.74, 6) is -0.643. The highest BCUT2D eigenvalue weighted by atomic mass is 19.1. The Labute approximate surface area is 154 Å². The molecule has 0 unspecified atom stereocenters. The van der Waals surface area contributed by atoms with Crippen molar-refractivity contribution >= 4 is 11.6 Å². The second-order valence-electron chi connectivity index (χ2n) is 6.14. The van der Waals surface area contributed by atoms with E-state index in [-0.39, 0.29) is 17.9 Å². The molecule has 3 aromatic rings. The van der Waals surface area contributed by atoms with E-state index in [0.29, 0.717) is 28.2 Å². The first kappa shape index (κ1) is 18.4. The van der Waals surface area contributed by atoms with Crippen molar-refractivity contribution < 1.29 is 9.18 Å². The summed E-state index contributed by atoms with van der Waals surface area (Å²) in [5.41, 5.74) is 1.83. The SMILES string of the molecule is Cc1ccc(NC(=O)Cn2c(-c3cnccn3)nc(C)c(C)c2=O)cc1F. The van der Waals surface area contributed by atoms with Crippen LogP contribution in [0.2, 0.25) is 0 Å². The van der Waals surface area contributed by atoms with E-state index >= 15 is 0 Å². The fourth-order valence-corrected chi connectivity index (χ4v) is 2.53. The van der Waals surface area contributed by atoms with E-state index in [1.807, 2.05) is 0 Å². The maximum atomic E-state index is 13.7. The topological polar surface area (TPSA) is 89.8 Å². The molecular formula is C19H18FN5O2. The van der Waals surface area contributed by atoms with Gasteiger partial charge in [-0.05, 0) is 38.5 Å². The number of rotatable bonds is 4. The zero-order chi connectivity index (χ0) is 19.6. The summed E-state index contributed by atoms with van der Waals surface area (Å²) < 4.78 is 14.9. The van der Waals surface area contributed by atoms with Crippen LogP contribution in [-0.2, 0) is 11.3 Å². The van der Waals surface area contributed by atoms with Gasteiger partial charge in [0.05, 0.1) is 6.20 Å². The third-order valence-electron chi connectivity index (χ3n) is 4.19. The average Bonchev–Trinajstić information content (AvgIpc) is 2.65. The molecule has 1 amide bonds. The zero-order valence-electron chi connectivity index (χ0n) is 15.2. The number of carbonyl (C=O) groups excluding carboxylic acids is 1. The van der Waals surface area contributed by atoms with Crippen LogP contribution in [0.5, 0.6) is 0 Å². The van der Waals surface area contributed by atoms with Gasteiger partial charge in [-0.2, -0.15) is 0 Å². The van der Waals surface area contributed by atoms with Gasteiger partial charge in [0.25, 0.3) is 5.56 Å². The molecule has 0 radical (unpaired) electrons. The molecule has 0 saturated heterocycles. The van der Waals surface area contributed by atoms with Crippen LogP contribution in [0.4, 0.5) is 10.1 Å². The number of benzene rings is 1. The van der Waals surface area contributed by atoms with Crippen molar-refractivity contribution in [3.8, 4) is 11.5 Å². The number of carbonyl (C=O) groups is 1. The molecule has 0 aliphatic carbocycles. The Morgan fingerprint density at radius 3 is 2.67 bits per heavy atom. The van der Waals surface area contributed by atoms with E-state index in [0.717, 1.165) is 0 Å². The number of hydrogen-bond donors (Lipinski definition) is 1. The van der Waals surface area contributed by atoms with Crippen LogP contribution in [0.15, 0.2) is 41.6 Å². The average molecular weight is 367 g/mol. The first-order chi connectivity index (χ1) is 12.9. The predicted octanol–water partition coefficient (Wildman–Crippen LogP) is 2.40. The molecule has 0 atom stereocenters. The van der Waals surface area contributed by atoms with Crippen molar-refractivity contribution in [2.24, 2.45) is 0 Å². The molecule has 27 heavy (non-hydrogen) atoms. The van der Waals surface area contributed by atoms with Crippen molar-refractivity contribution in [2.45, 2.75) is 27.3 Å². The molecule has 0 saturated carbocycles. The summed E-state index contributed by atoms with van der Waals surface area (Å²) in [6, 6.07) is 4.40. The smallest absolute Gasteiger partial charge is 0.257 e. The number of nitrogens with zero attached hydrogens (tertiary/aromatic N) is 4. The number of halogens is 1.